The van der Waals surface area contributed by atoms with Gasteiger partial charge in [-0.25, -0.2) is 9.78 Å². The van der Waals surface area contributed by atoms with Crippen LogP contribution in [0.2, 0.25) is 0 Å². The van der Waals surface area contributed by atoms with E-state index in [2.05, 4.69) is 4.98 Å². The molecule has 0 spiro atoms. The first-order valence-corrected chi connectivity index (χ1v) is 4.61. The number of pyridine rings is 1. The molecule has 0 radical (unpaired) electrons. The smallest absolute Gasteiger partial charge is 0.358 e. The fraction of sp³-hybridized carbons (Fsp3) is 0.0909. The van der Waals surface area contributed by atoms with E-state index in [0.717, 1.165) is 0 Å². The van der Waals surface area contributed by atoms with Gasteiger partial charge in [0.25, 0.3) is 0 Å². The fourth-order valence-corrected chi connectivity index (χ4v) is 1.21. The Morgan fingerprint density at radius 2 is 2.31 bits per heavy atom. The molecule has 5 heteroatoms. The number of rotatable bonds is 4. The van der Waals surface area contributed by atoms with E-state index < -0.39 is 5.97 Å². The Bertz CT molecular complexity index is 478. The number of furan rings is 1. The van der Waals surface area contributed by atoms with Gasteiger partial charge in [-0.05, 0) is 24.3 Å². The highest BCUT2D eigenvalue weighted by Gasteiger charge is 2.12. The molecule has 0 aliphatic heterocycles. The molecule has 0 amide bonds. The van der Waals surface area contributed by atoms with Crippen molar-refractivity contribution in [3.8, 4) is 5.75 Å². The first kappa shape index (κ1) is 10.2. The topological polar surface area (TPSA) is 72.6 Å². The van der Waals surface area contributed by atoms with Crippen LogP contribution in [0.1, 0.15) is 16.2 Å². The van der Waals surface area contributed by atoms with Gasteiger partial charge in [0.1, 0.15) is 12.4 Å². The summed E-state index contributed by atoms with van der Waals surface area (Å²) in [7, 11) is 0. The lowest BCUT2D eigenvalue weighted by Crippen LogP contribution is -2.05. The molecule has 0 fully saturated rings. The van der Waals surface area contributed by atoms with Gasteiger partial charge < -0.3 is 14.3 Å². The minimum absolute atomic E-state index is 0.103. The van der Waals surface area contributed by atoms with Gasteiger partial charge in [0, 0.05) is 6.20 Å². The summed E-state index contributed by atoms with van der Waals surface area (Å²) in [5.41, 5.74) is -0.103. The quantitative estimate of drug-likeness (QED) is 0.850. The Balaban J connectivity index is 2.12. The van der Waals surface area contributed by atoms with Crippen LogP contribution >= 0.6 is 0 Å². The summed E-state index contributed by atoms with van der Waals surface area (Å²) in [5, 5.41) is 8.86. The van der Waals surface area contributed by atoms with Gasteiger partial charge in [0.05, 0.1) is 6.26 Å². The zero-order valence-electron chi connectivity index (χ0n) is 8.29. The number of carboxylic acids is 1. The number of carboxylic acid groups (broad SMARTS) is 1. The Hall–Kier alpha value is -2.30. The molecule has 16 heavy (non-hydrogen) atoms. The van der Waals surface area contributed by atoms with E-state index >= 15 is 0 Å². The van der Waals surface area contributed by atoms with Crippen molar-refractivity contribution in [2.75, 3.05) is 0 Å². The number of hydrogen-bond acceptors (Lipinski definition) is 4. The molecule has 0 saturated carbocycles. The second-order valence-corrected chi connectivity index (χ2v) is 3.02. The molecule has 2 aromatic heterocycles. The average molecular weight is 219 g/mol. The Morgan fingerprint density at radius 1 is 1.44 bits per heavy atom. The first-order chi connectivity index (χ1) is 7.77. The molecule has 2 rings (SSSR count). The molecule has 0 aliphatic carbocycles. The van der Waals surface area contributed by atoms with E-state index in [0.29, 0.717) is 5.76 Å². The maximum absolute atomic E-state index is 10.8. The number of carbonyl (C=O) groups is 1. The van der Waals surface area contributed by atoms with Gasteiger partial charge in [-0.1, -0.05) is 0 Å². The van der Waals surface area contributed by atoms with Crippen LogP contribution in [0, 0.1) is 0 Å². The molecule has 82 valence electrons. The summed E-state index contributed by atoms with van der Waals surface area (Å²) >= 11 is 0. The van der Waals surface area contributed by atoms with Crippen molar-refractivity contribution in [3.63, 3.8) is 0 Å². The van der Waals surface area contributed by atoms with Crippen molar-refractivity contribution in [2.45, 2.75) is 6.61 Å². The Morgan fingerprint density at radius 3 is 3.00 bits per heavy atom. The summed E-state index contributed by atoms with van der Waals surface area (Å²) in [5.74, 6) is -0.262. The monoisotopic (exact) mass is 219 g/mol. The third-order valence-corrected chi connectivity index (χ3v) is 1.92. The minimum atomic E-state index is -1.12. The molecule has 0 atom stereocenters. The van der Waals surface area contributed by atoms with Gasteiger partial charge in [-0.2, -0.15) is 0 Å². The van der Waals surface area contributed by atoms with Crippen molar-refractivity contribution in [3.05, 3.63) is 48.2 Å². The highest BCUT2D eigenvalue weighted by Crippen LogP contribution is 2.16. The van der Waals surface area contributed by atoms with E-state index in [4.69, 9.17) is 14.3 Å². The molecule has 2 heterocycles. The standard InChI is InChI=1S/C11H9NO4/c13-11(14)10-9(4-1-5-12-10)16-7-8-3-2-6-15-8/h1-6H,7H2,(H,13,14). The van der Waals surface area contributed by atoms with Gasteiger partial charge >= 0.3 is 5.97 Å². The van der Waals surface area contributed by atoms with Gasteiger partial charge in [0.15, 0.2) is 11.4 Å². The minimum Gasteiger partial charge on any atom is -0.483 e. The molecule has 0 aromatic carbocycles. The number of aromatic carboxylic acids is 1. The van der Waals surface area contributed by atoms with Crippen LogP contribution in [0.4, 0.5) is 0 Å². The Kier molecular flexibility index (Phi) is 2.86. The number of ether oxygens (including phenoxy) is 1. The Labute approximate surface area is 91.3 Å². The normalized spacial score (nSPS) is 10.0. The van der Waals surface area contributed by atoms with E-state index in [1.165, 1.54) is 12.5 Å². The lowest BCUT2D eigenvalue weighted by molar-refractivity contribution is 0.0684. The molecule has 0 unspecified atom stereocenters. The van der Waals surface area contributed by atoms with Crippen LogP contribution in [-0.4, -0.2) is 16.1 Å². The third-order valence-electron chi connectivity index (χ3n) is 1.92. The molecule has 2 aromatic rings. The summed E-state index contributed by atoms with van der Waals surface area (Å²) < 4.78 is 10.4. The third kappa shape index (κ3) is 2.20. The predicted molar refractivity (Wildman–Crippen MR) is 54.2 cm³/mol. The van der Waals surface area contributed by atoms with Gasteiger partial charge in [-0.3, -0.25) is 0 Å². The lowest BCUT2D eigenvalue weighted by Gasteiger charge is -2.05. The number of aromatic nitrogens is 1. The second-order valence-electron chi connectivity index (χ2n) is 3.02. The molecule has 0 saturated heterocycles. The molecular formula is C11H9NO4. The zero-order valence-corrected chi connectivity index (χ0v) is 8.29. The van der Waals surface area contributed by atoms with Crippen molar-refractivity contribution in [1.82, 2.24) is 4.98 Å². The summed E-state index contributed by atoms with van der Waals surface area (Å²) in [6.07, 6.45) is 2.93. The van der Waals surface area contributed by atoms with Crippen LogP contribution in [-0.2, 0) is 6.61 Å². The van der Waals surface area contributed by atoms with Crippen LogP contribution in [0.3, 0.4) is 0 Å². The maximum atomic E-state index is 10.8. The highest BCUT2D eigenvalue weighted by atomic mass is 16.5. The van der Waals surface area contributed by atoms with Crippen molar-refractivity contribution < 1.29 is 19.1 Å². The average Bonchev–Trinajstić information content (AvgIpc) is 2.79. The van der Waals surface area contributed by atoms with Crippen molar-refractivity contribution in [2.24, 2.45) is 0 Å². The van der Waals surface area contributed by atoms with E-state index in [1.54, 1.807) is 24.3 Å². The molecule has 0 bridgehead atoms. The molecule has 0 aliphatic rings. The van der Waals surface area contributed by atoms with Crippen LogP contribution in [0.25, 0.3) is 0 Å². The van der Waals surface area contributed by atoms with Crippen molar-refractivity contribution in [1.29, 1.82) is 0 Å². The summed E-state index contributed by atoms with van der Waals surface area (Å²) in [4.78, 5) is 14.5. The molecular weight excluding hydrogens is 210 g/mol. The summed E-state index contributed by atoms with van der Waals surface area (Å²) in [6, 6.07) is 6.65. The maximum Gasteiger partial charge on any atom is 0.358 e. The SMILES string of the molecule is O=C(O)c1ncccc1OCc1ccco1. The van der Waals surface area contributed by atoms with Crippen LogP contribution in [0.15, 0.2) is 41.1 Å². The van der Waals surface area contributed by atoms with Crippen LogP contribution in [0.5, 0.6) is 5.75 Å². The first-order valence-electron chi connectivity index (χ1n) is 4.61. The van der Waals surface area contributed by atoms with Crippen molar-refractivity contribution >= 4 is 5.97 Å². The van der Waals surface area contributed by atoms with E-state index in [-0.39, 0.29) is 18.1 Å². The number of nitrogens with zero attached hydrogens (tertiary/aromatic N) is 1. The van der Waals surface area contributed by atoms with E-state index in [1.807, 2.05) is 0 Å². The van der Waals surface area contributed by atoms with E-state index in [9.17, 15) is 4.79 Å². The predicted octanol–water partition coefficient (Wildman–Crippen LogP) is 1.95. The largest absolute Gasteiger partial charge is 0.483 e. The van der Waals surface area contributed by atoms with Crippen LogP contribution < -0.4 is 4.74 Å². The summed E-state index contributed by atoms with van der Waals surface area (Å²) in [6.45, 7) is 0.180. The molecule has 5 nitrogen and oxygen atoms in total. The van der Waals surface area contributed by atoms with Gasteiger partial charge in [-0.15, -0.1) is 0 Å². The molecule has 1 N–H and O–H groups in total. The zero-order chi connectivity index (χ0) is 11.4. The number of hydrogen-bond donors (Lipinski definition) is 1. The fourth-order valence-electron chi connectivity index (χ4n) is 1.21. The second kappa shape index (κ2) is 4.48. The van der Waals surface area contributed by atoms with Gasteiger partial charge in [0.2, 0.25) is 0 Å². The lowest BCUT2D eigenvalue weighted by atomic mass is 10.3. The highest BCUT2D eigenvalue weighted by molar-refractivity contribution is 5.88.